The molecule has 0 heterocycles. The Labute approximate surface area is 504 Å². The normalized spacial score (nSPS) is 13.4. The van der Waals surface area contributed by atoms with Gasteiger partial charge in [0.1, 0.15) is 13.2 Å². The number of carbonyl (C=O) groups excluding carboxylic acids is 3. The van der Waals surface area contributed by atoms with Crippen LogP contribution >= 0.6 is 0 Å². The minimum absolute atomic E-state index is 0.111. The molecule has 458 valence electrons. The van der Waals surface area contributed by atoms with Crippen LogP contribution in [-0.2, 0) is 28.6 Å². The molecular formula is C76H118O6. The van der Waals surface area contributed by atoms with Crippen molar-refractivity contribution in [2.45, 2.75) is 264 Å². The molecule has 82 heavy (non-hydrogen) atoms. The number of esters is 3. The minimum Gasteiger partial charge on any atom is -0.462 e. The number of ether oxygens (including phenoxy) is 3. The molecule has 6 nitrogen and oxygen atoms in total. The van der Waals surface area contributed by atoms with Gasteiger partial charge in [0.05, 0.1) is 0 Å². The number of allylic oxidation sites excluding steroid dienone is 30. The summed E-state index contributed by atoms with van der Waals surface area (Å²) in [5.41, 5.74) is 0. The van der Waals surface area contributed by atoms with E-state index in [1.807, 2.05) is 0 Å². The van der Waals surface area contributed by atoms with Gasteiger partial charge in [-0.05, 0) is 154 Å². The third kappa shape index (κ3) is 65.3. The Kier molecular flexibility index (Phi) is 63.5. The van der Waals surface area contributed by atoms with E-state index in [2.05, 4.69) is 203 Å². The van der Waals surface area contributed by atoms with Crippen molar-refractivity contribution in [1.29, 1.82) is 0 Å². The van der Waals surface area contributed by atoms with Crippen LogP contribution < -0.4 is 0 Å². The van der Waals surface area contributed by atoms with E-state index in [9.17, 15) is 14.4 Å². The maximum atomic E-state index is 12.9. The van der Waals surface area contributed by atoms with Gasteiger partial charge in [-0.3, -0.25) is 14.4 Å². The molecule has 0 aromatic carbocycles. The summed E-state index contributed by atoms with van der Waals surface area (Å²) in [5.74, 6) is -0.981. The highest BCUT2D eigenvalue weighted by atomic mass is 16.6. The lowest BCUT2D eigenvalue weighted by molar-refractivity contribution is -0.167. The molecule has 0 aromatic rings. The van der Waals surface area contributed by atoms with E-state index in [-0.39, 0.29) is 37.5 Å². The smallest absolute Gasteiger partial charge is 0.306 e. The lowest BCUT2D eigenvalue weighted by Gasteiger charge is -2.18. The fraction of sp³-hybridized carbons (Fsp3) is 0.566. The standard InChI is InChI=1S/C76H118O6/c1-4-7-10-13-16-19-22-24-26-28-30-32-33-34-35-36-37-38-39-40-41-42-43-45-46-48-50-52-54-57-60-63-66-69-75(78)81-72-73(71-80-74(77)68-65-62-59-56-21-18-15-12-9-6-3)82-76(79)70-67-64-61-58-55-53-51-49-47-44-31-29-27-25-23-20-17-14-11-8-5-2/h7-8,10-12,15-17,19-20,24-27,30-32,34-35,37-38,40-41,43-45,49,51,55,58,73H,4-6,9,13-14,18,21-23,28-29,33,36,39,42,46-48,50,52-54,56-57,59-72H2,1-3H3/b10-7-,11-8-,15-12-,19-16-,20-17-,26-24-,27-25-,32-30-,35-34-,38-37-,41-40-,44-31-,45-43-,51-49-,58-55-. The van der Waals surface area contributed by atoms with Crippen LogP contribution in [0.25, 0.3) is 0 Å². The van der Waals surface area contributed by atoms with Gasteiger partial charge in [0.25, 0.3) is 0 Å². The molecule has 0 aliphatic rings. The van der Waals surface area contributed by atoms with Gasteiger partial charge in [0.15, 0.2) is 6.10 Å². The van der Waals surface area contributed by atoms with Crippen LogP contribution in [-0.4, -0.2) is 37.2 Å². The first kappa shape index (κ1) is 76.5. The summed E-state index contributed by atoms with van der Waals surface area (Å²) in [7, 11) is 0. The Bertz CT molecular complexity index is 1920. The average Bonchev–Trinajstić information content (AvgIpc) is 3.48. The van der Waals surface area contributed by atoms with E-state index in [1.54, 1.807) is 0 Å². The average molecular weight is 1130 g/mol. The monoisotopic (exact) mass is 1130 g/mol. The molecule has 0 fully saturated rings. The molecule has 0 aromatic heterocycles. The van der Waals surface area contributed by atoms with Crippen molar-refractivity contribution in [1.82, 2.24) is 0 Å². The topological polar surface area (TPSA) is 78.9 Å². The number of rotatable bonds is 57. The fourth-order valence-electron chi connectivity index (χ4n) is 8.29. The van der Waals surface area contributed by atoms with Gasteiger partial charge in [0.2, 0.25) is 0 Å². The van der Waals surface area contributed by atoms with Crippen LogP contribution in [0.4, 0.5) is 0 Å². The number of carbonyl (C=O) groups is 3. The Morgan fingerprint density at radius 1 is 0.256 bits per heavy atom. The van der Waals surface area contributed by atoms with Crippen LogP contribution in [0.15, 0.2) is 182 Å². The molecule has 1 unspecified atom stereocenters. The van der Waals surface area contributed by atoms with Crippen LogP contribution in [0.1, 0.15) is 258 Å². The van der Waals surface area contributed by atoms with Crippen molar-refractivity contribution in [3.05, 3.63) is 182 Å². The highest BCUT2D eigenvalue weighted by molar-refractivity contribution is 5.71. The van der Waals surface area contributed by atoms with Gasteiger partial charge in [-0.15, -0.1) is 0 Å². The van der Waals surface area contributed by atoms with E-state index >= 15 is 0 Å². The Balaban J connectivity index is 4.34. The Hall–Kier alpha value is -5.49. The fourth-order valence-corrected chi connectivity index (χ4v) is 8.29. The summed E-state index contributed by atoms with van der Waals surface area (Å²) in [6, 6.07) is 0. The summed E-state index contributed by atoms with van der Waals surface area (Å²) >= 11 is 0. The SMILES string of the molecule is CC/C=C\C/C=C\C/C=C\C/C=C\C/C=C\C/C=C\C/C=C\C/C=C\CCCCCCCCCCC(=O)OCC(COC(=O)CCCCCCC/C=C\CCC)OC(=O)CCCC/C=C\C/C=C\C/C=C\C/C=C\C/C=C\C/C=C\CC. The van der Waals surface area contributed by atoms with Gasteiger partial charge >= 0.3 is 17.9 Å². The maximum Gasteiger partial charge on any atom is 0.306 e. The first-order valence-electron chi connectivity index (χ1n) is 32.8. The predicted molar refractivity (Wildman–Crippen MR) is 357 cm³/mol. The van der Waals surface area contributed by atoms with Crippen molar-refractivity contribution in [2.75, 3.05) is 13.2 Å². The van der Waals surface area contributed by atoms with Gasteiger partial charge in [-0.1, -0.05) is 267 Å². The molecule has 0 saturated carbocycles. The van der Waals surface area contributed by atoms with Crippen molar-refractivity contribution < 1.29 is 28.6 Å². The largest absolute Gasteiger partial charge is 0.462 e. The Morgan fingerprint density at radius 2 is 0.476 bits per heavy atom. The molecule has 1 atom stereocenters. The first-order chi connectivity index (χ1) is 40.5. The number of unbranched alkanes of at least 4 members (excludes halogenated alkanes) is 16. The summed E-state index contributed by atoms with van der Waals surface area (Å²) in [4.78, 5) is 38.2. The molecule has 0 spiro atoms. The van der Waals surface area contributed by atoms with E-state index in [0.717, 1.165) is 167 Å². The first-order valence-corrected chi connectivity index (χ1v) is 32.8. The quantitative estimate of drug-likeness (QED) is 0.0261. The van der Waals surface area contributed by atoms with Crippen LogP contribution in [0.2, 0.25) is 0 Å². The summed E-state index contributed by atoms with van der Waals surface area (Å²) in [5, 5.41) is 0. The second-order valence-corrected chi connectivity index (χ2v) is 20.9. The van der Waals surface area contributed by atoms with Crippen molar-refractivity contribution in [3.8, 4) is 0 Å². The van der Waals surface area contributed by atoms with Crippen LogP contribution in [0.3, 0.4) is 0 Å². The van der Waals surface area contributed by atoms with E-state index in [4.69, 9.17) is 14.2 Å². The molecule has 0 rings (SSSR count). The molecule has 0 N–H and O–H groups in total. The van der Waals surface area contributed by atoms with Gasteiger partial charge < -0.3 is 14.2 Å². The summed E-state index contributed by atoms with van der Waals surface area (Å²) in [6.45, 7) is 6.29. The molecular weight excluding hydrogens is 1010 g/mol. The number of hydrogen-bond donors (Lipinski definition) is 0. The predicted octanol–water partition coefficient (Wildman–Crippen LogP) is 22.8. The maximum absolute atomic E-state index is 12.9. The number of hydrogen-bond acceptors (Lipinski definition) is 6. The summed E-state index contributed by atoms with van der Waals surface area (Å²) < 4.78 is 16.8. The summed E-state index contributed by atoms with van der Waals surface area (Å²) in [6.07, 6.45) is 102. The van der Waals surface area contributed by atoms with E-state index < -0.39 is 6.10 Å². The van der Waals surface area contributed by atoms with E-state index in [1.165, 1.54) is 44.9 Å². The zero-order valence-corrected chi connectivity index (χ0v) is 52.4. The van der Waals surface area contributed by atoms with Gasteiger partial charge in [-0.2, -0.15) is 0 Å². The highest BCUT2D eigenvalue weighted by Gasteiger charge is 2.19. The Morgan fingerprint density at radius 3 is 0.780 bits per heavy atom. The second-order valence-electron chi connectivity index (χ2n) is 20.9. The molecule has 0 radical (unpaired) electrons. The zero-order chi connectivity index (χ0) is 59.2. The highest BCUT2D eigenvalue weighted by Crippen LogP contribution is 2.14. The van der Waals surface area contributed by atoms with Crippen LogP contribution in [0, 0.1) is 0 Å². The lowest BCUT2D eigenvalue weighted by atomic mass is 10.1. The van der Waals surface area contributed by atoms with E-state index in [0.29, 0.717) is 19.3 Å². The minimum atomic E-state index is -0.818. The molecule has 0 aliphatic carbocycles. The van der Waals surface area contributed by atoms with Gasteiger partial charge in [0, 0.05) is 19.3 Å². The van der Waals surface area contributed by atoms with Crippen molar-refractivity contribution in [2.24, 2.45) is 0 Å². The second kappa shape index (κ2) is 68.0. The molecule has 0 amide bonds. The van der Waals surface area contributed by atoms with Crippen molar-refractivity contribution >= 4 is 17.9 Å². The molecule has 0 saturated heterocycles. The van der Waals surface area contributed by atoms with Gasteiger partial charge in [-0.25, -0.2) is 0 Å². The lowest BCUT2D eigenvalue weighted by Crippen LogP contribution is -2.30. The molecule has 0 aliphatic heterocycles. The van der Waals surface area contributed by atoms with Crippen LogP contribution in [0.5, 0.6) is 0 Å². The third-order valence-electron chi connectivity index (χ3n) is 13.1. The third-order valence-corrected chi connectivity index (χ3v) is 13.1. The molecule has 6 heteroatoms. The molecule has 0 bridgehead atoms. The zero-order valence-electron chi connectivity index (χ0n) is 52.4. The van der Waals surface area contributed by atoms with Crippen molar-refractivity contribution in [3.63, 3.8) is 0 Å².